The zero-order valence-corrected chi connectivity index (χ0v) is 12.1. The number of rotatable bonds is 2. The lowest BCUT2D eigenvalue weighted by atomic mass is 10.2. The molecule has 0 fully saturated rings. The molecule has 0 N–H and O–H groups in total. The second kappa shape index (κ2) is 5.76. The Morgan fingerprint density at radius 2 is 1.48 bits per heavy atom. The van der Waals surface area contributed by atoms with Crippen molar-refractivity contribution >= 4 is 23.2 Å². The predicted octanol–water partition coefficient (Wildman–Crippen LogP) is 4.65. The van der Waals surface area contributed by atoms with Gasteiger partial charge >= 0.3 is 0 Å². The summed E-state index contributed by atoms with van der Waals surface area (Å²) >= 11 is 11.9. The van der Waals surface area contributed by atoms with Crippen molar-refractivity contribution < 1.29 is 4.39 Å². The highest BCUT2D eigenvalue weighted by Gasteiger charge is 2.13. The summed E-state index contributed by atoms with van der Waals surface area (Å²) in [4.78, 5) is 12.4. The molecular formula is C15H8Cl2FN3. The molecule has 3 rings (SSSR count). The zero-order chi connectivity index (χ0) is 14.8. The fraction of sp³-hybridized carbons (Fsp3) is 0. The van der Waals surface area contributed by atoms with E-state index in [1.54, 1.807) is 6.07 Å². The molecule has 0 aliphatic rings. The van der Waals surface area contributed by atoms with Crippen molar-refractivity contribution in [2.45, 2.75) is 0 Å². The lowest BCUT2D eigenvalue weighted by Gasteiger charge is -2.06. The van der Waals surface area contributed by atoms with Crippen molar-refractivity contribution in [1.82, 2.24) is 15.0 Å². The van der Waals surface area contributed by atoms with E-state index in [1.807, 2.05) is 30.3 Å². The van der Waals surface area contributed by atoms with Crippen LogP contribution in [0.4, 0.5) is 4.39 Å². The average Bonchev–Trinajstić information content (AvgIpc) is 2.50. The van der Waals surface area contributed by atoms with Crippen LogP contribution in [-0.2, 0) is 0 Å². The van der Waals surface area contributed by atoms with Gasteiger partial charge in [0.05, 0.1) is 5.02 Å². The second-order valence-corrected chi connectivity index (χ2v) is 4.94. The highest BCUT2D eigenvalue weighted by molar-refractivity contribution is 6.33. The van der Waals surface area contributed by atoms with E-state index < -0.39 is 5.82 Å². The maximum Gasteiger partial charge on any atom is 0.226 e. The molecule has 0 spiro atoms. The van der Waals surface area contributed by atoms with Crippen LogP contribution in [0, 0.1) is 5.82 Å². The van der Waals surface area contributed by atoms with Gasteiger partial charge in [0.1, 0.15) is 5.82 Å². The molecule has 104 valence electrons. The maximum absolute atomic E-state index is 13.6. The van der Waals surface area contributed by atoms with Crippen LogP contribution >= 0.6 is 23.2 Å². The van der Waals surface area contributed by atoms with Crippen molar-refractivity contribution in [2.24, 2.45) is 0 Å². The van der Waals surface area contributed by atoms with Crippen LogP contribution in [0.3, 0.4) is 0 Å². The maximum atomic E-state index is 13.6. The van der Waals surface area contributed by atoms with E-state index in [0.29, 0.717) is 11.4 Å². The fourth-order valence-electron chi connectivity index (χ4n) is 1.86. The molecule has 1 aromatic heterocycles. The van der Waals surface area contributed by atoms with E-state index in [1.165, 1.54) is 12.1 Å². The van der Waals surface area contributed by atoms with E-state index in [4.69, 9.17) is 23.2 Å². The predicted molar refractivity (Wildman–Crippen MR) is 80.7 cm³/mol. The zero-order valence-electron chi connectivity index (χ0n) is 10.6. The summed E-state index contributed by atoms with van der Waals surface area (Å²) in [6.07, 6.45) is 0. The average molecular weight is 320 g/mol. The van der Waals surface area contributed by atoms with Crippen LogP contribution < -0.4 is 0 Å². The van der Waals surface area contributed by atoms with Crippen LogP contribution in [0.25, 0.3) is 22.8 Å². The molecule has 0 unspecified atom stereocenters. The summed E-state index contributed by atoms with van der Waals surface area (Å²) in [6.45, 7) is 0. The monoisotopic (exact) mass is 319 g/mol. The third kappa shape index (κ3) is 2.86. The van der Waals surface area contributed by atoms with Crippen molar-refractivity contribution in [3.63, 3.8) is 0 Å². The Kier molecular flexibility index (Phi) is 3.82. The lowest BCUT2D eigenvalue weighted by molar-refractivity contribution is 0.628. The first-order chi connectivity index (χ1) is 10.1. The minimum absolute atomic E-state index is 0.0270. The molecule has 3 nitrogen and oxygen atoms in total. The highest BCUT2D eigenvalue weighted by atomic mass is 35.5. The van der Waals surface area contributed by atoms with E-state index >= 15 is 0 Å². The minimum atomic E-state index is -0.535. The van der Waals surface area contributed by atoms with Crippen molar-refractivity contribution in [3.8, 4) is 22.8 Å². The Bertz CT molecular complexity index is 794. The van der Waals surface area contributed by atoms with Crippen molar-refractivity contribution in [1.29, 1.82) is 0 Å². The highest BCUT2D eigenvalue weighted by Crippen LogP contribution is 2.29. The van der Waals surface area contributed by atoms with E-state index in [2.05, 4.69) is 15.0 Å². The van der Waals surface area contributed by atoms with Gasteiger partial charge in [0.25, 0.3) is 0 Å². The Labute approximate surface area is 130 Å². The van der Waals surface area contributed by atoms with Crippen LogP contribution in [0.2, 0.25) is 10.3 Å². The van der Waals surface area contributed by atoms with E-state index in [9.17, 15) is 4.39 Å². The van der Waals surface area contributed by atoms with Gasteiger partial charge in [-0.1, -0.05) is 48.0 Å². The molecule has 0 aliphatic heterocycles. The largest absolute Gasteiger partial charge is 0.226 e. The molecule has 0 saturated carbocycles. The first-order valence-corrected chi connectivity index (χ1v) is 6.82. The van der Waals surface area contributed by atoms with E-state index in [0.717, 1.165) is 5.56 Å². The smallest absolute Gasteiger partial charge is 0.208 e. The molecule has 2 aromatic carbocycles. The number of nitrogens with zero attached hydrogens (tertiary/aromatic N) is 3. The molecule has 6 heteroatoms. The number of hydrogen-bond donors (Lipinski definition) is 0. The third-order valence-corrected chi connectivity index (χ3v) is 3.39. The number of aromatic nitrogens is 3. The van der Waals surface area contributed by atoms with Gasteiger partial charge in [-0.2, -0.15) is 9.97 Å². The fourth-order valence-corrected chi connectivity index (χ4v) is 2.23. The van der Waals surface area contributed by atoms with Crippen molar-refractivity contribution in [2.75, 3.05) is 0 Å². The Hall–Kier alpha value is -2.04. The first kappa shape index (κ1) is 13.9. The molecular weight excluding hydrogens is 312 g/mol. The Morgan fingerprint density at radius 1 is 0.762 bits per heavy atom. The summed E-state index contributed by atoms with van der Waals surface area (Å²) in [5.41, 5.74) is 1.16. The molecule has 21 heavy (non-hydrogen) atoms. The minimum Gasteiger partial charge on any atom is -0.208 e. The molecule has 0 aliphatic carbocycles. The molecule has 3 aromatic rings. The van der Waals surface area contributed by atoms with Crippen molar-refractivity contribution in [3.05, 3.63) is 64.7 Å². The molecule has 0 radical (unpaired) electrons. The van der Waals surface area contributed by atoms with Gasteiger partial charge in [-0.3, -0.25) is 0 Å². The van der Waals surface area contributed by atoms with Crippen LogP contribution in [0.15, 0.2) is 48.5 Å². The molecule has 0 saturated heterocycles. The molecule has 0 atom stereocenters. The van der Waals surface area contributed by atoms with Crippen LogP contribution in [0.1, 0.15) is 0 Å². The number of benzene rings is 2. The molecule has 1 heterocycles. The Morgan fingerprint density at radius 3 is 2.24 bits per heavy atom. The van der Waals surface area contributed by atoms with Gasteiger partial charge < -0.3 is 0 Å². The Balaban J connectivity index is 2.17. The number of halogens is 3. The van der Waals surface area contributed by atoms with Crippen LogP contribution in [0.5, 0.6) is 0 Å². The lowest BCUT2D eigenvalue weighted by Crippen LogP contribution is -1.98. The molecule has 0 amide bonds. The summed E-state index contributed by atoms with van der Waals surface area (Å²) in [5.74, 6) is 0.108. The number of hydrogen-bond acceptors (Lipinski definition) is 3. The standard InChI is InChI=1S/C15H8Cl2FN3/c16-12-10(7-4-8-11(12)18)14-19-13(20-15(17)21-14)9-5-2-1-3-6-9/h1-8H. The summed E-state index contributed by atoms with van der Waals surface area (Å²) in [6, 6.07) is 13.8. The molecule has 0 bridgehead atoms. The van der Waals surface area contributed by atoms with Crippen LogP contribution in [-0.4, -0.2) is 15.0 Å². The van der Waals surface area contributed by atoms with Gasteiger partial charge in [-0.05, 0) is 23.7 Å². The quantitative estimate of drug-likeness (QED) is 0.690. The first-order valence-electron chi connectivity index (χ1n) is 6.06. The summed E-state index contributed by atoms with van der Waals surface area (Å²) in [7, 11) is 0. The van der Waals surface area contributed by atoms with Gasteiger partial charge in [-0.25, -0.2) is 9.37 Å². The van der Waals surface area contributed by atoms with Gasteiger partial charge in [0.2, 0.25) is 5.28 Å². The SMILES string of the molecule is Fc1cccc(-c2nc(Cl)nc(-c3ccccc3)n2)c1Cl. The van der Waals surface area contributed by atoms with Gasteiger partial charge in [0, 0.05) is 11.1 Å². The normalized spacial score (nSPS) is 10.6. The van der Waals surface area contributed by atoms with Gasteiger partial charge in [-0.15, -0.1) is 0 Å². The summed E-state index contributed by atoms with van der Waals surface area (Å²) in [5, 5.41) is -0.0158. The topological polar surface area (TPSA) is 38.7 Å². The summed E-state index contributed by atoms with van der Waals surface area (Å²) < 4.78 is 13.6. The van der Waals surface area contributed by atoms with Gasteiger partial charge in [0.15, 0.2) is 11.6 Å². The third-order valence-electron chi connectivity index (χ3n) is 2.83. The van der Waals surface area contributed by atoms with E-state index in [-0.39, 0.29) is 16.1 Å². The second-order valence-electron chi connectivity index (χ2n) is 4.22.